The lowest BCUT2D eigenvalue weighted by Crippen LogP contribution is -2.21. The van der Waals surface area contributed by atoms with Gasteiger partial charge in [-0.1, -0.05) is 11.6 Å². The molecule has 0 spiro atoms. The van der Waals surface area contributed by atoms with Gasteiger partial charge in [-0.05, 0) is 50.2 Å². The van der Waals surface area contributed by atoms with Gasteiger partial charge in [0.05, 0.1) is 23.5 Å². The highest BCUT2D eigenvalue weighted by atomic mass is 35.5. The summed E-state index contributed by atoms with van der Waals surface area (Å²) in [6.07, 6.45) is -0.0963. The number of hydrogen-bond acceptors (Lipinski definition) is 7. The normalized spacial score (nSPS) is 10.9. The Morgan fingerprint density at radius 1 is 1.13 bits per heavy atom. The van der Waals surface area contributed by atoms with Crippen LogP contribution >= 0.6 is 11.6 Å². The first kappa shape index (κ1) is 23.5. The van der Waals surface area contributed by atoms with Crippen LogP contribution in [0.15, 0.2) is 47.6 Å². The molecule has 2 aromatic carbocycles. The van der Waals surface area contributed by atoms with E-state index in [0.717, 1.165) is 12.1 Å². The summed E-state index contributed by atoms with van der Waals surface area (Å²) in [5.74, 6) is -1.46. The van der Waals surface area contributed by atoms with Crippen molar-refractivity contribution in [2.24, 2.45) is 5.10 Å². The van der Waals surface area contributed by atoms with Crippen LogP contribution in [0.4, 0.5) is 11.4 Å². The van der Waals surface area contributed by atoms with E-state index in [9.17, 15) is 24.5 Å². The highest BCUT2D eigenvalue weighted by Gasteiger charge is 2.15. The second-order valence-corrected chi connectivity index (χ2v) is 6.64. The average Bonchev–Trinajstić information content (AvgIpc) is 2.72. The first-order valence-electron chi connectivity index (χ1n) is 9.05. The van der Waals surface area contributed by atoms with Crippen molar-refractivity contribution in [1.82, 2.24) is 5.43 Å². The predicted molar refractivity (Wildman–Crippen MR) is 114 cm³/mol. The number of nitro groups is 1. The number of carbonyl (C=O) groups is 3. The lowest BCUT2D eigenvalue weighted by Gasteiger charge is -2.07. The molecule has 2 N–H and O–H groups in total. The number of benzene rings is 2. The van der Waals surface area contributed by atoms with Crippen molar-refractivity contribution in [2.45, 2.75) is 20.3 Å². The minimum Gasteiger partial charge on any atom is -0.462 e. The number of amides is 2. The molecule has 0 bridgehead atoms. The lowest BCUT2D eigenvalue weighted by atomic mass is 10.2. The number of halogens is 1. The molecule has 0 saturated carbocycles. The number of hydrazone groups is 1. The zero-order chi connectivity index (χ0) is 23.0. The molecule has 2 rings (SSSR count). The summed E-state index contributed by atoms with van der Waals surface area (Å²) in [5, 5.41) is 17.1. The standard InChI is InChI=1S/C20H19ClN4O6/c1-3-31-20(28)13-4-7-15(8-5-13)22-18(26)10-12(2)23-24-19(27)14-6-9-17(25(29)30)16(21)11-14/h4-9,11H,3,10H2,1-2H3,(H,22,26)(H,24,27)/b23-12+. The van der Waals surface area contributed by atoms with Gasteiger partial charge < -0.3 is 10.1 Å². The van der Waals surface area contributed by atoms with Gasteiger partial charge in [0.25, 0.3) is 11.6 Å². The van der Waals surface area contributed by atoms with Crippen LogP contribution in [0, 0.1) is 10.1 Å². The third-order valence-corrected chi connectivity index (χ3v) is 4.15. The molecule has 10 nitrogen and oxygen atoms in total. The summed E-state index contributed by atoms with van der Waals surface area (Å²) in [6, 6.07) is 9.72. The Kier molecular flexibility index (Phi) is 8.21. The third kappa shape index (κ3) is 6.89. The van der Waals surface area contributed by atoms with Crippen LogP contribution in [0.5, 0.6) is 0 Å². The minimum absolute atomic E-state index is 0.0818. The van der Waals surface area contributed by atoms with Crippen LogP contribution in [-0.4, -0.2) is 35.0 Å². The fraction of sp³-hybridized carbons (Fsp3) is 0.200. The largest absolute Gasteiger partial charge is 0.462 e. The van der Waals surface area contributed by atoms with Crippen LogP contribution in [0.1, 0.15) is 41.0 Å². The summed E-state index contributed by atoms with van der Waals surface area (Å²) in [6.45, 7) is 3.52. The first-order valence-corrected chi connectivity index (χ1v) is 9.43. The SMILES string of the molecule is CCOC(=O)c1ccc(NC(=O)C/C(C)=N/NC(=O)c2ccc([N+](=O)[O-])c(Cl)c2)cc1. The molecule has 0 aromatic heterocycles. The van der Waals surface area contributed by atoms with Gasteiger partial charge in [-0.3, -0.25) is 19.7 Å². The van der Waals surface area contributed by atoms with E-state index in [1.54, 1.807) is 26.0 Å². The number of carbonyl (C=O) groups excluding carboxylic acids is 3. The third-order valence-electron chi connectivity index (χ3n) is 3.85. The summed E-state index contributed by atoms with van der Waals surface area (Å²) in [4.78, 5) is 46.0. The molecule has 0 atom stereocenters. The van der Waals surface area contributed by atoms with Crippen molar-refractivity contribution in [3.05, 3.63) is 68.7 Å². The number of nitrogens with one attached hydrogen (secondary N) is 2. The lowest BCUT2D eigenvalue weighted by molar-refractivity contribution is -0.384. The summed E-state index contributed by atoms with van der Waals surface area (Å²) < 4.78 is 4.89. The summed E-state index contributed by atoms with van der Waals surface area (Å²) in [7, 11) is 0. The van der Waals surface area contributed by atoms with E-state index in [2.05, 4.69) is 15.8 Å². The highest BCUT2D eigenvalue weighted by molar-refractivity contribution is 6.33. The summed E-state index contributed by atoms with van der Waals surface area (Å²) in [5.41, 5.74) is 3.20. The van der Waals surface area contributed by atoms with E-state index in [4.69, 9.17) is 16.3 Å². The number of nitro benzene ring substituents is 1. The maximum atomic E-state index is 12.1. The minimum atomic E-state index is -0.657. The van der Waals surface area contributed by atoms with E-state index in [0.29, 0.717) is 17.0 Å². The van der Waals surface area contributed by atoms with E-state index >= 15 is 0 Å². The molecule has 0 radical (unpaired) electrons. The molecule has 0 saturated heterocycles. The second kappa shape index (κ2) is 10.8. The van der Waals surface area contributed by atoms with Crippen molar-refractivity contribution >= 4 is 46.5 Å². The molecule has 2 amide bonds. The predicted octanol–water partition coefficient (Wildman–Crippen LogP) is 3.56. The van der Waals surface area contributed by atoms with Crippen molar-refractivity contribution in [3.8, 4) is 0 Å². The molecule has 31 heavy (non-hydrogen) atoms. The molecule has 0 unspecified atom stereocenters. The Hall–Kier alpha value is -3.79. The van der Waals surface area contributed by atoms with Gasteiger partial charge in [-0.2, -0.15) is 5.10 Å². The highest BCUT2D eigenvalue weighted by Crippen LogP contribution is 2.24. The molecule has 162 valence electrons. The maximum absolute atomic E-state index is 12.1. The molecule has 2 aromatic rings. The topological polar surface area (TPSA) is 140 Å². The van der Waals surface area contributed by atoms with Gasteiger partial charge in [-0.15, -0.1) is 0 Å². The van der Waals surface area contributed by atoms with E-state index in [1.165, 1.54) is 18.2 Å². The van der Waals surface area contributed by atoms with Crippen molar-refractivity contribution in [2.75, 3.05) is 11.9 Å². The van der Waals surface area contributed by atoms with Gasteiger partial charge in [-0.25, -0.2) is 10.2 Å². The first-order chi connectivity index (χ1) is 14.7. The summed E-state index contributed by atoms with van der Waals surface area (Å²) >= 11 is 5.78. The number of ether oxygens (including phenoxy) is 1. The molecule has 0 heterocycles. The molecule has 11 heteroatoms. The zero-order valence-corrected chi connectivity index (χ0v) is 17.4. The number of nitrogens with zero attached hydrogens (tertiary/aromatic N) is 2. The molecule has 0 aliphatic heterocycles. The quantitative estimate of drug-likeness (QED) is 0.275. The van der Waals surface area contributed by atoms with Crippen LogP contribution in [0.2, 0.25) is 5.02 Å². The van der Waals surface area contributed by atoms with E-state index in [1.807, 2.05) is 0 Å². The average molecular weight is 447 g/mol. The van der Waals surface area contributed by atoms with Crippen LogP contribution < -0.4 is 10.7 Å². The number of anilines is 1. The zero-order valence-electron chi connectivity index (χ0n) is 16.7. The Morgan fingerprint density at radius 3 is 2.35 bits per heavy atom. The monoisotopic (exact) mass is 446 g/mol. The Balaban J connectivity index is 1.90. The van der Waals surface area contributed by atoms with Crippen LogP contribution in [0.3, 0.4) is 0 Å². The number of hydrogen-bond donors (Lipinski definition) is 2. The number of esters is 1. The van der Waals surface area contributed by atoms with Gasteiger partial charge in [0.15, 0.2) is 0 Å². The molecule has 0 aliphatic carbocycles. The van der Waals surface area contributed by atoms with Crippen molar-refractivity contribution in [3.63, 3.8) is 0 Å². The maximum Gasteiger partial charge on any atom is 0.338 e. The fourth-order valence-electron chi connectivity index (χ4n) is 2.39. The second-order valence-electron chi connectivity index (χ2n) is 6.23. The van der Waals surface area contributed by atoms with Gasteiger partial charge in [0, 0.05) is 23.0 Å². The molecule has 0 fully saturated rings. The van der Waals surface area contributed by atoms with E-state index in [-0.39, 0.29) is 35.2 Å². The van der Waals surface area contributed by atoms with Crippen molar-refractivity contribution < 1.29 is 24.0 Å². The molecular weight excluding hydrogens is 428 g/mol. The van der Waals surface area contributed by atoms with Gasteiger partial charge >= 0.3 is 5.97 Å². The van der Waals surface area contributed by atoms with Crippen LogP contribution in [-0.2, 0) is 9.53 Å². The molecular formula is C20H19ClN4O6. The number of rotatable bonds is 8. The van der Waals surface area contributed by atoms with Gasteiger partial charge in [0.2, 0.25) is 5.91 Å². The van der Waals surface area contributed by atoms with Crippen LogP contribution in [0.25, 0.3) is 0 Å². The Labute approximate surface area is 182 Å². The van der Waals surface area contributed by atoms with E-state index < -0.39 is 16.8 Å². The fourth-order valence-corrected chi connectivity index (χ4v) is 2.64. The smallest absolute Gasteiger partial charge is 0.338 e. The molecule has 0 aliphatic rings. The van der Waals surface area contributed by atoms with Crippen molar-refractivity contribution in [1.29, 1.82) is 0 Å². The Morgan fingerprint density at radius 2 is 1.77 bits per heavy atom. The Bertz CT molecular complexity index is 1040. The van der Waals surface area contributed by atoms with Gasteiger partial charge in [0.1, 0.15) is 5.02 Å².